The topological polar surface area (TPSA) is 17.4 Å². The number of nitrogens with zero attached hydrogens (tertiary/aromatic N) is 4. The summed E-state index contributed by atoms with van der Waals surface area (Å²) in [6.07, 6.45) is 0. The van der Waals surface area contributed by atoms with Crippen molar-refractivity contribution in [1.82, 2.24) is 0 Å². The van der Waals surface area contributed by atoms with Gasteiger partial charge >= 0.3 is 0 Å². The van der Waals surface area contributed by atoms with Crippen LogP contribution in [0.1, 0.15) is 105 Å². The monoisotopic (exact) mass is 1360 g/mol. The molecule has 4 nitrogen and oxygen atoms in total. The zero-order valence-corrected chi connectivity index (χ0v) is 61.8. The van der Waals surface area contributed by atoms with E-state index < -0.39 is 0 Å². The van der Waals surface area contributed by atoms with Gasteiger partial charge in [-0.2, -0.15) is 0 Å². The Morgan fingerprint density at radius 1 is 0.240 bits per heavy atom. The Labute approximate surface area is 604 Å². The van der Waals surface area contributed by atoms with Gasteiger partial charge in [-0.1, -0.05) is 277 Å². The summed E-state index contributed by atoms with van der Waals surface area (Å²) in [6, 6.07) is 84.8. The summed E-state index contributed by atoms with van der Waals surface area (Å²) in [5.41, 5.74) is 18.4. The van der Waals surface area contributed by atoms with Gasteiger partial charge in [-0.25, -0.2) is 19.4 Å². The second-order valence-electron chi connectivity index (χ2n) is 29.5. The maximum atomic E-state index is 7.16. The van der Waals surface area contributed by atoms with Gasteiger partial charge < -0.3 is 0 Å². The highest BCUT2D eigenvalue weighted by Gasteiger charge is 2.24. The van der Waals surface area contributed by atoms with E-state index in [1.165, 1.54) is 142 Å². The molecule has 0 amide bonds. The minimum Gasteiger partial charge on any atom is -0.238 e. The summed E-state index contributed by atoms with van der Waals surface area (Å²) in [5, 5.41) is 10.7. The fourth-order valence-electron chi connectivity index (χ4n) is 13.3. The molecule has 0 saturated heterocycles. The minimum absolute atomic E-state index is 0.0918. The van der Waals surface area contributed by atoms with Crippen molar-refractivity contribution >= 4 is 149 Å². The Kier molecular flexibility index (Phi) is 18.6. The third kappa shape index (κ3) is 13.6. The number of fused-ring (bicyclic) bond motifs is 12. The van der Waals surface area contributed by atoms with Gasteiger partial charge in [-0.15, -0.1) is 45.3 Å². The van der Waals surface area contributed by atoms with E-state index in [0.717, 1.165) is 5.56 Å². The van der Waals surface area contributed by atoms with E-state index in [-0.39, 0.29) is 21.7 Å². The molecule has 16 aromatic rings. The van der Waals surface area contributed by atoms with Crippen LogP contribution in [-0.4, -0.2) is 0 Å². The molecule has 0 bridgehead atoms. The molecule has 0 aliphatic heterocycles. The van der Waals surface area contributed by atoms with Crippen LogP contribution < -0.4 is 0 Å². The Hall–Kier alpha value is -10.5. The predicted octanol–water partition coefficient (Wildman–Crippen LogP) is 30.3. The van der Waals surface area contributed by atoms with Crippen molar-refractivity contribution in [1.29, 1.82) is 0 Å². The lowest BCUT2D eigenvalue weighted by Gasteiger charge is -2.21. The van der Waals surface area contributed by atoms with Crippen LogP contribution in [0, 0.1) is 26.3 Å². The number of thiophene rings is 4. The third-order valence-electron chi connectivity index (χ3n) is 18.6. The van der Waals surface area contributed by atoms with Crippen molar-refractivity contribution < 1.29 is 0 Å². The molecule has 0 aliphatic rings. The second kappa shape index (κ2) is 27.3. The third-order valence-corrected chi connectivity index (χ3v) is 23.2. The average Bonchev–Trinajstić information content (AvgIpc) is 1.61. The standard InChI is InChI=1S/4C23H19NS/c1-23(2,3)19-9-5-8-18-21-17(7-6-10-20(21)25-22(18)19)15-11-13-16(24-4)14-12-15;1-23(2,3)18-8-6-10-20-22(18)21-17(7-5-9-19(21)25-20)15-11-13-16(24-4)14-12-15;1-23(2,3)16-10-13-20-19(14-16)22-18(6-5-7-21(22)25-20)15-8-11-17(24-4)12-9-15;1-23(2,3)16-10-13-19-21(14-16)25-20-7-5-6-18(22(19)20)15-8-11-17(24-4)12-9-15/h4*5-14H,1-3H3. The van der Waals surface area contributed by atoms with Gasteiger partial charge in [0.1, 0.15) is 0 Å². The summed E-state index contributed by atoms with van der Waals surface area (Å²) in [6.45, 7) is 55.8. The van der Waals surface area contributed by atoms with E-state index in [1.807, 2.05) is 93.9 Å². The molecular formula is C92H76N4S4. The van der Waals surface area contributed by atoms with Gasteiger partial charge in [0.25, 0.3) is 0 Å². The highest BCUT2D eigenvalue weighted by atomic mass is 32.1. The molecule has 0 radical (unpaired) electrons. The molecule has 100 heavy (non-hydrogen) atoms. The van der Waals surface area contributed by atoms with E-state index in [4.69, 9.17) is 26.3 Å². The molecule has 8 heteroatoms. The fourth-order valence-corrected chi connectivity index (χ4v) is 18.2. The Morgan fingerprint density at radius 2 is 0.570 bits per heavy atom. The molecule has 16 rings (SSSR count). The van der Waals surface area contributed by atoms with Gasteiger partial charge in [0.15, 0.2) is 22.7 Å². The smallest absolute Gasteiger partial charge is 0.187 e. The van der Waals surface area contributed by atoms with E-state index in [0.29, 0.717) is 22.7 Å². The van der Waals surface area contributed by atoms with E-state index in [9.17, 15) is 0 Å². The van der Waals surface area contributed by atoms with Crippen molar-refractivity contribution in [3.63, 3.8) is 0 Å². The molecule has 4 aromatic heterocycles. The number of benzene rings is 12. The predicted molar refractivity (Wildman–Crippen MR) is 439 cm³/mol. The van der Waals surface area contributed by atoms with E-state index >= 15 is 0 Å². The lowest BCUT2D eigenvalue weighted by molar-refractivity contribution is 0.591. The molecule has 488 valence electrons. The molecule has 0 atom stereocenters. The first-order chi connectivity index (χ1) is 47.9. The summed E-state index contributed by atoms with van der Waals surface area (Å²) in [5.74, 6) is 0. The first kappa shape index (κ1) is 68.0. The lowest BCUT2D eigenvalue weighted by Crippen LogP contribution is -2.11. The lowest BCUT2D eigenvalue weighted by atomic mass is 9.83. The van der Waals surface area contributed by atoms with Gasteiger partial charge in [0.05, 0.1) is 26.3 Å². The summed E-state index contributed by atoms with van der Waals surface area (Å²) in [7, 11) is 0. The zero-order valence-electron chi connectivity index (χ0n) is 58.5. The van der Waals surface area contributed by atoms with Crippen molar-refractivity contribution in [3.8, 4) is 44.5 Å². The Balaban J connectivity index is 0.000000119. The van der Waals surface area contributed by atoms with Crippen molar-refractivity contribution in [2.24, 2.45) is 0 Å². The highest BCUT2D eigenvalue weighted by Crippen LogP contribution is 2.48. The maximum Gasteiger partial charge on any atom is 0.187 e. The molecule has 0 fully saturated rings. The SMILES string of the molecule is [C-]#[N+]c1ccc(-c2cccc3sc4c(C(C)(C)C)cccc4c23)cc1.[C-]#[N+]c1ccc(-c2cccc3sc4cc(C(C)(C)C)ccc4c23)cc1.[C-]#[N+]c1ccc(-c2cccc3sc4ccc(C(C)(C)C)cc4c23)cc1.[C-]#[N+]c1ccc(-c2cccc3sc4cccc(C(C)(C)C)c4c23)cc1. The minimum atomic E-state index is 0.0918. The van der Waals surface area contributed by atoms with Gasteiger partial charge in [0, 0.05) is 80.7 Å². The summed E-state index contributed by atoms with van der Waals surface area (Å²) >= 11 is 7.45. The van der Waals surface area contributed by atoms with Gasteiger partial charge in [-0.05, 0) is 137 Å². The van der Waals surface area contributed by atoms with Crippen LogP contribution in [0.15, 0.2) is 243 Å². The maximum absolute atomic E-state index is 7.16. The molecule has 0 N–H and O–H groups in total. The van der Waals surface area contributed by atoms with Crippen LogP contribution in [0.25, 0.3) is 145 Å². The van der Waals surface area contributed by atoms with E-state index in [2.05, 4.69) is 297 Å². The fraction of sp³-hybridized carbons (Fsp3) is 0.174. The molecule has 0 saturated carbocycles. The van der Waals surface area contributed by atoms with Gasteiger partial charge in [-0.3, -0.25) is 0 Å². The summed E-state index contributed by atoms with van der Waals surface area (Å²) < 4.78 is 10.7. The molecular weight excluding hydrogens is 1290 g/mol. The van der Waals surface area contributed by atoms with Crippen LogP contribution in [0.4, 0.5) is 22.7 Å². The summed E-state index contributed by atoms with van der Waals surface area (Å²) in [4.78, 5) is 14.0. The zero-order chi connectivity index (χ0) is 70.4. The average molecular weight is 1370 g/mol. The van der Waals surface area contributed by atoms with Crippen LogP contribution in [-0.2, 0) is 21.7 Å². The number of rotatable bonds is 4. The largest absolute Gasteiger partial charge is 0.238 e. The van der Waals surface area contributed by atoms with Crippen LogP contribution in [0.5, 0.6) is 0 Å². The van der Waals surface area contributed by atoms with Crippen molar-refractivity contribution in [2.45, 2.75) is 105 Å². The first-order valence-corrected chi connectivity index (χ1v) is 36.9. The molecule has 0 unspecified atom stereocenters. The number of hydrogen-bond donors (Lipinski definition) is 0. The van der Waals surface area contributed by atoms with Crippen LogP contribution in [0.3, 0.4) is 0 Å². The molecule has 0 aliphatic carbocycles. The van der Waals surface area contributed by atoms with Crippen molar-refractivity contribution in [2.75, 3.05) is 0 Å². The quantitative estimate of drug-likeness (QED) is 0.156. The van der Waals surface area contributed by atoms with Crippen LogP contribution >= 0.6 is 45.3 Å². The molecule has 0 spiro atoms. The second-order valence-corrected chi connectivity index (χ2v) is 33.8. The molecule has 12 aromatic carbocycles. The molecule has 4 heterocycles. The van der Waals surface area contributed by atoms with Crippen molar-refractivity contribution in [3.05, 3.63) is 311 Å². The highest BCUT2D eigenvalue weighted by molar-refractivity contribution is 7.27. The Morgan fingerprint density at radius 3 is 1.00 bits per heavy atom. The Bertz CT molecular complexity index is 5870. The van der Waals surface area contributed by atoms with Crippen LogP contribution in [0.2, 0.25) is 0 Å². The number of hydrogen-bond acceptors (Lipinski definition) is 4. The first-order valence-electron chi connectivity index (χ1n) is 33.6. The van der Waals surface area contributed by atoms with E-state index in [1.54, 1.807) is 0 Å². The normalized spacial score (nSPS) is 11.8. The van der Waals surface area contributed by atoms with Gasteiger partial charge in [0.2, 0.25) is 0 Å².